The lowest BCUT2D eigenvalue weighted by Gasteiger charge is -2.35. The Balaban J connectivity index is 1.50. The maximum atomic E-state index is 14.0. The van der Waals surface area contributed by atoms with Crippen LogP contribution >= 0.6 is 0 Å². The molecular weight excluding hydrogens is 469 g/mol. The van der Waals surface area contributed by atoms with Gasteiger partial charge in [-0.05, 0) is 61.1 Å². The lowest BCUT2D eigenvalue weighted by Crippen LogP contribution is -2.41. The van der Waals surface area contributed by atoms with Gasteiger partial charge in [0, 0.05) is 31.9 Å². The standard InChI is InChI=1S/C26H30FN3O4S/c1-2-35(32,33)22-5-6-25(29-11-13-34-14-12-29)23(17-22)26(31)30-9-7-19(8-10-30)15-20-3-4-21(18-28)24(27)16-20/h3-6,16-17,19H,2,7-15H2,1H3. The molecular formula is C26H30FN3O4S. The average molecular weight is 500 g/mol. The summed E-state index contributed by atoms with van der Waals surface area (Å²) in [6.07, 6.45) is 2.23. The van der Waals surface area contributed by atoms with Gasteiger partial charge < -0.3 is 14.5 Å². The number of halogens is 1. The molecule has 7 nitrogen and oxygen atoms in total. The van der Waals surface area contributed by atoms with Gasteiger partial charge in [0.15, 0.2) is 9.84 Å². The molecule has 0 atom stereocenters. The second kappa shape index (κ2) is 10.8. The number of benzene rings is 2. The van der Waals surface area contributed by atoms with Gasteiger partial charge in [-0.3, -0.25) is 4.79 Å². The number of nitriles is 1. The minimum absolute atomic E-state index is 0.0289. The third-order valence-corrected chi connectivity index (χ3v) is 8.60. The molecule has 0 spiro atoms. The highest BCUT2D eigenvalue weighted by molar-refractivity contribution is 7.91. The summed E-state index contributed by atoms with van der Waals surface area (Å²) in [7, 11) is -3.45. The number of nitrogens with zero attached hydrogens (tertiary/aromatic N) is 3. The van der Waals surface area contributed by atoms with Gasteiger partial charge in [0.1, 0.15) is 11.9 Å². The molecule has 0 aliphatic carbocycles. The van der Waals surface area contributed by atoms with E-state index in [1.54, 1.807) is 30.0 Å². The number of likely N-dealkylation sites (tertiary alicyclic amines) is 1. The Bertz CT molecular complexity index is 1230. The number of hydrogen-bond donors (Lipinski definition) is 0. The van der Waals surface area contributed by atoms with Crippen LogP contribution in [0.2, 0.25) is 0 Å². The zero-order chi connectivity index (χ0) is 25.0. The van der Waals surface area contributed by atoms with Crippen LogP contribution in [-0.4, -0.2) is 64.4 Å². The van der Waals surface area contributed by atoms with Gasteiger partial charge >= 0.3 is 0 Å². The number of carbonyl (C=O) groups excluding carboxylic acids is 1. The fraction of sp³-hybridized carbons (Fsp3) is 0.462. The van der Waals surface area contributed by atoms with E-state index in [0.717, 1.165) is 24.1 Å². The van der Waals surface area contributed by atoms with Crippen molar-refractivity contribution < 1.29 is 22.3 Å². The summed E-state index contributed by atoms with van der Waals surface area (Å²) in [5.41, 5.74) is 2.04. The minimum Gasteiger partial charge on any atom is -0.378 e. The van der Waals surface area contributed by atoms with E-state index in [1.165, 1.54) is 18.2 Å². The number of hydrogen-bond acceptors (Lipinski definition) is 6. The first-order valence-corrected chi connectivity index (χ1v) is 13.6. The Morgan fingerprint density at radius 2 is 1.83 bits per heavy atom. The second-order valence-electron chi connectivity index (χ2n) is 9.05. The molecule has 2 aliphatic rings. The highest BCUT2D eigenvalue weighted by Crippen LogP contribution is 2.29. The van der Waals surface area contributed by atoms with Crippen molar-refractivity contribution in [1.82, 2.24) is 4.90 Å². The van der Waals surface area contributed by atoms with E-state index in [4.69, 9.17) is 10.00 Å². The summed E-state index contributed by atoms with van der Waals surface area (Å²) < 4.78 is 44.4. The highest BCUT2D eigenvalue weighted by Gasteiger charge is 2.28. The molecule has 0 N–H and O–H groups in total. The highest BCUT2D eigenvalue weighted by atomic mass is 32.2. The largest absolute Gasteiger partial charge is 0.378 e. The van der Waals surface area contributed by atoms with E-state index in [0.29, 0.717) is 57.3 Å². The number of amides is 1. The van der Waals surface area contributed by atoms with Gasteiger partial charge in [0.2, 0.25) is 0 Å². The van der Waals surface area contributed by atoms with Gasteiger partial charge in [-0.2, -0.15) is 5.26 Å². The number of rotatable bonds is 6. The van der Waals surface area contributed by atoms with Crippen molar-refractivity contribution in [1.29, 1.82) is 5.26 Å². The smallest absolute Gasteiger partial charge is 0.256 e. The minimum atomic E-state index is -3.45. The van der Waals surface area contributed by atoms with Crippen LogP contribution in [0.1, 0.15) is 41.3 Å². The summed E-state index contributed by atoms with van der Waals surface area (Å²) in [6.45, 7) is 5.10. The normalized spacial score (nSPS) is 17.3. The summed E-state index contributed by atoms with van der Waals surface area (Å²) >= 11 is 0. The van der Waals surface area contributed by atoms with Gasteiger partial charge in [-0.1, -0.05) is 13.0 Å². The quantitative estimate of drug-likeness (QED) is 0.605. The first-order valence-electron chi connectivity index (χ1n) is 12.0. The Kier molecular flexibility index (Phi) is 7.72. The average Bonchev–Trinajstić information content (AvgIpc) is 2.89. The number of ether oxygens (including phenoxy) is 1. The van der Waals surface area contributed by atoms with E-state index in [2.05, 4.69) is 4.90 Å². The van der Waals surface area contributed by atoms with Crippen LogP contribution in [0.3, 0.4) is 0 Å². The number of piperidine rings is 1. The van der Waals surface area contributed by atoms with E-state index < -0.39 is 15.7 Å². The number of morpholine rings is 1. The van der Waals surface area contributed by atoms with Crippen molar-refractivity contribution >= 4 is 21.4 Å². The molecule has 0 saturated carbocycles. The second-order valence-corrected chi connectivity index (χ2v) is 11.3. The number of anilines is 1. The first-order chi connectivity index (χ1) is 16.8. The molecule has 2 saturated heterocycles. The summed E-state index contributed by atoms with van der Waals surface area (Å²) in [5, 5.41) is 8.91. The molecule has 2 aromatic rings. The zero-order valence-electron chi connectivity index (χ0n) is 19.9. The van der Waals surface area contributed by atoms with Crippen LogP contribution < -0.4 is 4.90 Å². The molecule has 9 heteroatoms. The Morgan fingerprint density at radius 3 is 2.46 bits per heavy atom. The molecule has 4 rings (SSSR count). The predicted octanol–water partition coefficient (Wildman–Crippen LogP) is 3.42. The van der Waals surface area contributed by atoms with Crippen LogP contribution in [0.4, 0.5) is 10.1 Å². The van der Waals surface area contributed by atoms with Crippen LogP contribution in [-0.2, 0) is 21.0 Å². The van der Waals surface area contributed by atoms with Crippen molar-refractivity contribution in [2.24, 2.45) is 5.92 Å². The van der Waals surface area contributed by atoms with Crippen molar-refractivity contribution in [2.45, 2.75) is 31.1 Å². The third-order valence-electron chi connectivity index (χ3n) is 6.87. The molecule has 186 valence electrons. The molecule has 0 bridgehead atoms. The molecule has 1 amide bonds. The molecule has 0 radical (unpaired) electrons. The number of carbonyl (C=O) groups is 1. The van der Waals surface area contributed by atoms with E-state index in [9.17, 15) is 17.6 Å². The summed E-state index contributed by atoms with van der Waals surface area (Å²) in [4.78, 5) is 17.6. The predicted molar refractivity (Wildman–Crippen MR) is 131 cm³/mol. The Morgan fingerprint density at radius 1 is 1.11 bits per heavy atom. The topological polar surface area (TPSA) is 90.7 Å². The van der Waals surface area contributed by atoms with Gasteiger partial charge in [-0.15, -0.1) is 0 Å². The monoisotopic (exact) mass is 499 g/mol. The van der Waals surface area contributed by atoms with Gasteiger partial charge in [0.25, 0.3) is 5.91 Å². The van der Waals surface area contributed by atoms with E-state index >= 15 is 0 Å². The van der Waals surface area contributed by atoms with Gasteiger partial charge in [0.05, 0.1) is 35.0 Å². The third kappa shape index (κ3) is 5.65. The fourth-order valence-electron chi connectivity index (χ4n) is 4.75. The van der Waals surface area contributed by atoms with Crippen LogP contribution in [0, 0.1) is 23.1 Å². The molecule has 0 aromatic heterocycles. The van der Waals surface area contributed by atoms with Crippen molar-refractivity contribution in [3.63, 3.8) is 0 Å². The van der Waals surface area contributed by atoms with Crippen molar-refractivity contribution in [2.75, 3.05) is 50.0 Å². The Labute approximate surface area is 206 Å². The summed E-state index contributed by atoms with van der Waals surface area (Å²) in [6, 6.07) is 11.4. The fourth-order valence-corrected chi connectivity index (χ4v) is 5.65. The molecule has 2 fully saturated rings. The molecule has 35 heavy (non-hydrogen) atoms. The van der Waals surface area contributed by atoms with Crippen molar-refractivity contribution in [3.8, 4) is 6.07 Å². The number of sulfone groups is 1. The van der Waals surface area contributed by atoms with E-state index in [-0.39, 0.29) is 22.1 Å². The van der Waals surface area contributed by atoms with Gasteiger partial charge in [-0.25, -0.2) is 12.8 Å². The Hall–Kier alpha value is -2.96. The van der Waals surface area contributed by atoms with Crippen LogP contribution in [0.25, 0.3) is 0 Å². The summed E-state index contributed by atoms with van der Waals surface area (Å²) in [5.74, 6) is -0.395. The lowest BCUT2D eigenvalue weighted by molar-refractivity contribution is 0.0690. The molecule has 2 aliphatic heterocycles. The first kappa shape index (κ1) is 25.1. The van der Waals surface area contributed by atoms with E-state index in [1.807, 2.05) is 6.07 Å². The molecule has 2 heterocycles. The zero-order valence-corrected chi connectivity index (χ0v) is 20.7. The maximum Gasteiger partial charge on any atom is 0.256 e. The maximum absolute atomic E-state index is 14.0. The van der Waals surface area contributed by atoms with Crippen LogP contribution in [0.5, 0.6) is 0 Å². The molecule has 0 unspecified atom stereocenters. The van der Waals surface area contributed by atoms with Crippen LogP contribution in [0.15, 0.2) is 41.3 Å². The molecule has 2 aromatic carbocycles. The van der Waals surface area contributed by atoms with Crippen molar-refractivity contribution in [3.05, 3.63) is 58.9 Å². The SMILES string of the molecule is CCS(=O)(=O)c1ccc(N2CCOCC2)c(C(=O)N2CCC(Cc3ccc(C#N)c(F)c3)CC2)c1. The lowest BCUT2D eigenvalue weighted by atomic mass is 9.89.